The minimum absolute atomic E-state index is 0.841. The first-order valence-electron chi connectivity index (χ1n) is 7.84. The van der Waals surface area contributed by atoms with E-state index in [0.29, 0.717) is 0 Å². The van der Waals surface area contributed by atoms with Crippen LogP contribution in [0.15, 0.2) is 0 Å². The van der Waals surface area contributed by atoms with E-state index in [2.05, 4.69) is 11.9 Å². The first kappa shape index (κ1) is 11.1. The van der Waals surface area contributed by atoms with Gasteiger partial charge < -0.3 is 4.98 Å². The number of aromatic amines is 1. The van der Waals surface area contributed by atoms with Gasteiger partial charge in [-0.2, -0.15) is 0 Å². The monoisotopic (exact) mass is 244 g/mol. The molecule has 4 unspecified atom stereocenters. The van der Waals surface area contributed by atoms with Gasteiger partial charge in [-0.05, 0) is 62.2 Å². The Morgan fingerprint density at radius 1 is 1.22 bits per heavy atom. The largest absolute Gasteiger partial charge is 0.346 e. The van der Waals surface area contributed by atoms with Crippen molar-refractivity contribution in [2.24, 2.45) is 23.7 Å². The van der Waals surface area contributed by atoms with Crippen LogP contribution >= 0.6 is 0 Å². The van der Waals surface area contributed by atoms with Crippen molar-refractivity contribution in [3.05, 3.63) is 17.2 Å². The molecule has 18 heavy (non-hydrogen) atoms. The van der Waals surface area contributed by atoms with Crippen LogP contribution in [0.5, 0.6) is 0 Å². The molecular formula is C16H24N2. The molecule has 1 N–H and O–H groups in total. The number of fused-ring (bicyclic) bond motifs is 3. The molecule has 0 aliphatic heterocycles. The molecule has 0 spiro atoms. The number of hydrogen-bond donors (Lipinski definition) is 1. The zero-order chi connectivity index (χ0) is 12.1. The summed E-state index contributed by atoms with van der Waals surface area (Å²) in [7, 11) is 0. The molecule has 2 nitrogen and oxygen atoms in total. The highest BCUT2D eigenvalue weighted by atomic mass is 14.9. The number of aryl methyl sites for hydroxylation is 1. The second-order valence-corrected chi connectivity index (χ2v) is 7.10. The summed E-state index contributed by atoms with van der Waals surface area (Å²) in [4.78, 5) is 8.52. The Hall–Kier alpha value is -0.790. The third-order valence-electron chi connectivity index (χ3n) is 5.68. The van der Waals surface area contributed by atoms with Crippen LogP contribution < -0.4 is 0 Å². The lowest BCUT2D eigenvalue weighted by Crippen LogP contribution is -2.13. The van der Waals surface area contributed by atoms with Gasteiger partial charge in [-0.3, -0.25) is 0 Å². The highest BCUT2D eigenvalue weighted by Crippen LogP contribution is 2.49. The maximum Gasteiger partial charge on any atom is 0.106 e. The van der Waals surface area contributed by atoms with E-state index < -0.39 is 0 Å². The third-order valence-corrected chi connectivity index (χ3v) is 5.68. The molecule has 2 saturated carbocycles. The van der Waals surface area contributed by atoms with Crippen molar-refractivity contribution in [1.82, 2.24) is 9.97 Å². The number of imidazole rings is 1. The highest BCUT2D eigenvalue weighted by molar-refractivity contribution is 5.19. The molecular weight excluding hydrogens is 220 g/mol. The van der Waals surface area contributed by atoms with Gasteiger partial charge in [-0.25, -0.2) is 4.98 Å². The summed E-state index contributed by atoms with van der Waals surface area (Å²) >= 11 is 0. The fourth-order valence-electron chi connectivity index (χ4n) is 4.69. The maximum atomic E-state index is 4.88. The Kier molecular flexibility index (Phi) is 2.53. The van der Waals surface area contributed by atoms with Crippen molar-refractivity contribution >= 4 is 0 Å². The third kappa shape index (κ3) is 1.81. The van der Waals surface area contributed by atoms with Gasteiger partial charge >= 0.3 is 0 Å². The summed E-state index contributed by atoms with van der Waals surface area (Å²) in [6, 6.07) is 0. The zero-order valence-corrected chi connectivity index (χ0v) is 11.4. The number of hydrogen-bond acceptors (Lipinski definition) is 1. The summed E-state index contributed by atoms with van der Waals surface area (Å²) in [5.41, 5.74) is 2.83. The molecule has 1 heterocycles. The van der Waals surface area contributed by atoms with Crippen molar-refractivity contribution in [3.8, 4) is 0 Å². The lowest BCUT2D eigenvalue weighted by Gasteiger charge is -2.20. The predicted octanol–water partition coefficient (Wildman–Crippen LogP) is 3.51. The van der Waals surface area contributed by atoms with Gasteiger partial charge in [0.15, 0.2) is 0 Å². The first-order chi connectivity index (χ1) is 8.78. The van der Waals surface area contributed by atoms with Crippen LogP contribution in [-0.4, -0.2) is 9.97 Å². The molecule has 2 fully saturated rings. The van der Waals surface area contributed by atoms with E-state index >= 15 is 0 Å². The molecule has 4 rings (SSSR count). The van der Waals surface area contributed by atoms with E-state index in [1.54, 1.807) is 0 Å². The van der Waals surface area contributed by atoms with E-state index in [9.17, 15) is 0 Å². The molecule has 0 aromatic carbocycles. The van der Waals surface area contributed by atoms with E-state index in [-0.39, 0.29) is 0 Å². The van der Waals surface area contributed by atoms with E-state index in [4.69, 9.17) is 4.98 Å². The zero-order valence-electron chi connectivity index (χ0n) is 11.4. The summed E-state index contributed by atoms with van der Waals surface area (Å²) in [5, 5.41) is 0. The van der Waals surface area contributed by atoms with E-state index in [1.807, 2.05) is 0 Å². The summed E-state index contributed by atoms with van der Waals surface area (Å²) in [6.07, 6.45) is 11.0. The van der Waals surface area contributed by atoms with Crippen LogP contribution in [0.2, 0.25) is 0 Å². The Bertz CT molecular complexity index is 448. The van der Waals surface area contributed by atoms with Crippen LogP contribution in [0.3, 0.4) is 0 Å². The molecule has 3 aliphatic carbocycles. The first-order valence-corrected chi connectivity index (χ1v) is 7.84. The van der Waals surface area contributed by atoms with Crippen LogP contribution in [0, 0.1) is 23.7 Å². The van der Waals surface area contributed by atoms with Crippen molar-refractivity contribution in [1.29, 1.82) is 0 Å². The van der Waals surface area contributed by atoms with E-state index in [1.165, 1.54) is 68.6 Å². The molecule has 3 aliphatic rings. The van der Waals surface area contributed by atoms with Crippen LogP contribution in [0.1, 0.15) is 56.2 Å². The molecule has 0 saturated heterocycles. The van der Waals surface area contributed by atoms with Gasteiger partial charge in [0.2, 0.25) is 0 Å². The SMILES string of the molecule is CC1CCc2nc(CC3CC4CCC3C4)[nH]c2C1. The standard InChI is InChI=1S/C16H24N2/c1-10-2-5-14-15(6-10)18-16(17-14)9-13-8-11-3-4-12(13)7-11/h10-13H,2-9H2,1H3,(H,17,18). The molecule has 2 bridgehead atoms. The quantitative estimate of drug-likeness (QED) is 0.847. The Labute approximate surface area is 110 Å². The van der Waals surface area contributed by atoms with Gasteiger partial charge in [0.1, 0.15) is 5.82 Å². The highest BCUT2D eigenvalue weighted by Gasteiger charge is 2.39. The average molecular weight is 244 g/mol. The Morgan fingerprint density at radius 3 is 2.94 bits per heavy atom. The molecule has 0 amide bonds. The topological polar surface area (TPSA) is 28.7 Å². The molecule has 4 atom stereocenters. The smallest absolute Gasteiger partial charge is 0.106 e. The Balaban J connectivity index is 1.49. The summed E-state index contributed by atoms with van der Waals surface area (Å²) in [5.74, 6) is 5.16. The minimum Gasteiger partial charge on any atom is -0.346 e. The van der Waals surface area contributed by atoms with Crippen LogP contribution in [0.25, 0.3) is 0 Å². The van der Waals surface area contributed by atoms with Gasteiger partial charge in [-0.15, -0.1) is 0 Å². The van der Waals surface area contributed by atoms with Gasteiger partial charge in [0.05, 0.1) is 5.69 Å². The number of H-pyrrole nitrogens is 1. The summed E-state index contributed by atoms with van der Waals surface area (Å²) in [6.45, 7) is 2.36. The second kappa shape index (κ2) is 4.11. The van der Waals surface area contributed by atoms with Crippen molar-refractivity contribution < 1.29 is 0 Å². The van der Waals surface area contributed by atoms with Gasteiger partial charge in [-0.1, -0.05) is 13.3 Å². The molecule has 1 aromatic rings. The van der Waals surface area contributed by atoms with Crippen molar-refractivity contribution in [3.63, 3.8) is 0 Å². The van der Waals surface area contributed by atoms with Gasteiger partial charge in [0.25, 0.3) is 0 Å². The lowest BCUT2D eigenvalue weighted by atomic mass is 9.86. The number of rotatable bonds is 2. The molecule has 1 aromatic heterocycles. The number of nitrogens with one attached hydrogen (secondary N) is 1. The van der Waals surface area contributed by atoms with E-state index in [0.717, 1.165) is 23.7 Å². The molecule has 0 radical (unpaired) electrons. The molecule has 98 valence electrons. The minimum atomic E-state index is 0.841. The van der Waals surface area contributed by atoms with Crippen LogP contribution in [-0.2, 0) is 19.3 Å². The van der Waals surface area contributed by atoms with Crippen molar-refractivity contribution in [2.45, 2.75) is 58.3 Å². The average Bonchev–Trinajstić information content (AvgIpc) is 3.02. The number of aromatic nitrogens is 2. The van der Waals surface area contributed by atoms with Crippen LogP contribution in [0.4, 0.5) is 0 Å². The summed E-state index contributed by atoms with van der Waals surface area (Å²) < 4.78 is 0. The predicted molar refractivity (Wildman–Crippen MR) is 72.4 cm³/mol. The number of nitrogens with zero attached hydrogens (tertiary/aromatic N) is 1. The maximum absolute atomic E-state index is 4.88. The Morgan fingerprint density at radius 2 is 2.17 bits per heavy atom. The molecule has 2 heteroatoms. The normalized spacial score (nSPS) is 38.1. The fourth-order valence-corrected chi connectivity index (χ4v) is 4.69. The van der Waals surface area contributed by atoms with Crippen molar-refractivity contribution in [2.75, 3.05) is 0 Å². The second-order valence-electron chi connectivity index (χ2n) is 7.10. The lowest BCUT2D eigenvalue weighted by molar-refractivity contribution is 0.327. The fraction of sp³-hybridized carbons (Fsp3) is 0.812. The van der Waals surface area contributed by atoms with Gasteiger partial charge in [0, 0.05) is 12.1 Å².